The number of rotatable bonds is 62. The third-order valence-corrected chi connectivity index (χ3v) is 22.6. The lowest BCUT2D eigenvalue weighted by Crippen LogP contribution is -2.53. The molecule has 8 heteroatoms. The molecule has 3 rings (SSSR count). The first-order valence-corrected chi connectivity index (χ1v) is 41.0. The second kappa shape index (κ2) is 57.4. The first-order valence-electron chi connectivity index (χ1n) is 41.0. The third-order valence-electron chi connectivity index (χ3n) is 22.6. The van der Waals surface area contributed by atoms with Crippen molar-refractivity contribution >= 4 is 23.4 Å². The molecule has 0 aromatic rings. The van der Waals surface area contributed by atoms with E-state index < -0.39 is 0 Å². The number of ketones is 2. The molecule has 90 heavy (non-hydrogen) atoms. The summed E-state index contributed by atoms with van der Waals surface area (Å²) >= 11 is 0. The van der Waals surface area contributed by atoms with Gasteiger partial charge in [0.1, 0.15) is 11.6 Å². The zero-order valence-electron chi connectivity index (χ0n) is 60.6. The Morgan fingerprint density at radius 1 is 0.300 bits per heavy atom. The van der Waals surface area contributed by atoms with E-state index in [1.54, 1.807) is 0 Å². The lowest BCUT2D eigenvalue weighted by atomic mass is 9.63. The van der Waals surface area contributed by atoms with Crippen LogP contribution in [-0.2, 0) is 19.2 Å². The molecule has 0 radical (unpaired) electrons. The van der Waals surface area contributed by atoms with Gasteiger partial charge in [-0.1, -0.05) is 310 Å². The zero-order chi connectivity index (χ0) is 64.8. The number of carbonyl (C=O) groups is 4. The van der Waals surface area contributed by atoms with E-state index in [1.807, 2.05) is 0 Å². The molecule has 0 aliphatic heterocycles. The number of Topliss-reactive ketones (excluding diaryl/α,β-unsaturated/α-hetero) is 2. The van der Waals surface area contributed by atoms with Crippen LogP contribution in [0.4, 0.5) is 0 Å². The molecule has 3 saturated carbocycles. The first kappa shape index (κ1) is 82.4. The van der Waals surface area contributed by atoms with E-state index in [-0.39, 0.29) is 36.1 Å². The molecule has 4 N–H and O–H groups in total. The monoisotopic (exact) mass is 1260 g/mol. The van der Waals surface area contributed by atoms with Crippen molar-refractivity contribution in [1.82, 2.24) is 10.6 Å². The highest BCUT2D eigenvalue weighted by atomic mass is 16.3. The van der Waals surface area contributed by atoms with Gasteiger partial charge in [-0.3, -0.25) is 19.2 Å². The van der Waals surface area contributed by atoms with Crippen LogP contribution < -0.4 is 10.6 Å². The molecule has 10 atom stereocenters. The molecule has 0 spiro atoms. The second-order valence-electron chi connectivity index (χ2n) is 30.8. The quantitative estimate of drug-likeness (QED) is 0.0449. The van der Waals surface area contributed by atoms with Gasteiger partial charge in [-0.25, -0.2) is 0 Å². The third kappa shape index (κ3) is 43.3. The van der Waals surface area contributed by atoms with Crippen LogP contribution in [0.2, 0.25) is 0 Å². The van der Waals surface area contributed by atoms with Gasteiger partial charge in [-0.2, -0.15) is 0 Å². The Labute approximate surface area is 559 Å². The smallest absolute Gasteiger partial charge is 0.220 e. The van der Waals surface area contributed by atoms with Crippen molar-refractivity contribution in [2.75, 3.05) is 0 Å². The van der Waals surface area contributed by atoms with Gasteiger partial charge in [0.15, 0.2) is 0 Å². The summed E-state index contributed by atoms with van der Waals surface area (Å²) in [7, 11) is 0. The van der Waals surface area contributed by atoms with E-state index in [0.29, 0.717) is 73.8 Å². The molecule has 0 heterocycles. The fourth-order valence-electron chi connectivity index (χ4n) is 16.8. The van der Waals surface area contributed by atoms with Crippen LogP contribution in [-0.4, -0.2) is 57.9 Å². The molecule has 0 bridgehead atoms. The predicted molar refractivity (Wildman–Crippen MR) is 385 cm³/mol. The summed E-state index contributed by atoms with van der Waals surface area (Å²) in [6.45, 7) is 9.11. The summed E-state index contributed by atoms with van der Waals surface area (Å²) < 4.78 is 0. The van der Waals surface area contributed by atoms with E-state index in [1.165, 1.54) is 238 Å². The predicted octanol–water partition coefficient (Wildman–Crippen LogP) is 23.6. The van der Waals surface area contributed by atoms with Crippen molar-refractivity contribution < 1.29 is 29.4 Å². The fraction of sp³-hybridized carbons (Fsp3) is 0.951. The fourth-order valence-corrected chi connectivity index (χ4v) is 16.8. The molecule has 0 saturated heterocycles. The highest BCUT2D eigenvalue weighted by molar-refractivity contribution is 5.80. The Balaban J connectivity index is 1.44. The van der Waals surface area contributed by atoms with Crippen LogP contribution in [0.25, 0.3) is 0 Å². The average Bonchev–Trinajstić information content (AvgIpc) is 2.38. The van der Waals surface area contributed by atoms with E-state index >= 15 is 0 Å². The second-order valence-corrected chi connectivity index (χ2v) is 30.8. The van der Waals surface area contributed by atoms with Crippen LogP contribution in [0.15, 0.2) is 0 Å². The molecular formula is C82H154N2O6. The minimum atomic E-state index is -0.115. The van der Waals surface area contributed by atoms with Gasteiger partial charge in [-0.15, -0.1) is 0 Å². The topological polar surface area (TPSA) is 133 Å². The number of aliphatic hydroxyl groups is 2. The van der Waals surface area contributed by atoms with Crippen LogP contribution in [0.1, 0.15) is 439 Å². The van der Waals surface area contributed by atoms with Crippen molar-refractivity contribution in [3.05, 3.63) is 0 Å². The Hall–Kier alpha value is -1.80. The lowest BCUT2D eigenvalue weighted by Gasteiger charge is -2.42. The number of unbranched alkanes of at least 4 members (excludes halogenated alkanes) is 32. The number of carbonyl (C=O) groups excluding carboxylic acids is 4. The molecule has 0 aromatic carbocycles. The summed E-state index contributed by atoms with van der Waals surface area (Å²) in [6.07, 6.45) is 73.5. The maximum Gasteiger partial charge on any atom is 0.220 e. The van der Waals surface area contributed by atoms with E-state index in [9.17, 15) is 29.4 Å². The number of hydrogen-bond acceptors (Lipinski definition) is 6. The van der Waals surface area contributed by atoms with Crippen molar-refractivity contribution in [3.63, 3.8) is 0 Å². The van der Waals surface area contributed by atoms with Gasteiger partial charge in [0.2, 0.25) is 11.8 Å². The molecule has 8 nitrogen and oxygen atoms in total. The summed E-state index contributed by atoms with van der Waals surface area (Å²) in [6, 6.07) is 0.0691. The molecule has 2 amide bonds. The number of nitrogens with one attached hydrogen (secondary N) is 2. The summed E-state index contributed by atoms with van der Waals surface area (Å²) in [4.78, 5) is 54.0. The van der Waals surface area contributed by atoms with Crippen LogP contribution in [0, 0.1) is 35.5 Å². The molecule has 0 aromatic heterocycles. The summed E-state index contributed by atoms with van der Waals surface area (Å²) in [5.74, 6) is 5.04. The standard InChI is InChI=1S/C82H154N2O6/c1-5-9-13-17-27-33-49-69-65-71(51-43-45-60-78(88)68-74-54-42-41-53-73(74)67-77(87)59-39-31-25-20-19-23-29-37-57-75(85)55-35-15-11-7-3)72(66-70(69)50-34-28-18-14-10-6-2)52-44-48-64-82(90)84-80-62-47-46-61-79(80)83-81(89)63-40-32-26-22-21-24-30-38-58-76(86)56-36-16-12-8-4/h69-76,79-80,85-86H,5-68H2,1-4H3,(H,83,89)(H,84,90)/t69?,70?,71?,72?,73-,74-,75?,76?,79-,80-/m0/s1. The maximum atomic E-state index is 13.8. The van der Waals surface area contributed by atoms with Crippen molar-refractivity contribution in [2.24, 2.45) is 35.5 Å². The van der Waals surface area contributed by atoms with Crippen molar-refractivity contribution in [2.45, 2.75) is 463 Å². The molecule has 528 valence electrons. The average molecular weight is 1260 g/mol. The minimum absolute atomic E-state index is 0.0324. The van der Waals surface area contributed by atoms with Gasteiger partial charge in [0, 0.05) is 50.6 Å². The molecule has 3 aliphatic rings. The van der Waals surface area contributed by atoms with E-state index in [2.05, 4.69) is 38.3 Å². The Morgan fingerprint density at radius 3 is 0.889 bits per heavy atom. The number of hydrogen-bond donors (Lipinski definition) is 4. The summed E-state index contributed by atoms with van der Waals surface area (Å²) in [5, 5.41) is 27.3. The van der Waals surface area contributed by atoms with E-state index in [0.717, 1.165) is 147 Å². The summed E-state index contributed by atoms with van der Waals surface area (Å²) in [5.41, 5.74) is 0. The first-order chi connectivity index (χ1) is 44.1. The lowest BCUT2D eigenvalue weighted by molar-refractivity contribution is -0.125. The van der Waals surface area contributed by atoms with Crippen molar-refractivity contribution in [1.29, 1.82) is 0 Å². The number of amides is 2. The van der Waals surface area contributed by atoms with Crippen LogP contribution in [0.3, 0.4) is 0 Å². The van der Waals surface area contributed by atoms with E-state index in [4.69, 9.17) is 0 Å². The Bertz CT molecular complexity index is 1570. The highest BCUT2D eigenvalue weighted by Crippen LogP contribution is 2.47. The number of aliphatic hydroxyl groups excluding tert-OH is 2. The normalized spacial score (nSPS) is 21.9. The Kier molecular flexibility index (Phi) is 52.6. The zero-order valence-corrected chi connectivity index (χ0v) is 60.6. The van der Waals surface area contributed by atoms with Crippen LogP contribution in [0.5, 0.6) is 0 Å². The van der Waals surface area contributed by atoms with Gasteiger partial charge in [0.25, 0.3) is 0 Å². The van der Waals surface area contributed by atoms with Crippen LogP contribution >= 0.6 is 0 Å². The van der Waals surface area contributed by atoms with Gasteiger partial charge < -0.3 is 20.8 Å². The maximum absolute atomic E-state index is 13.8. The van der Waals surface area contributed by atoms with Crippen molar-refractivity contribution in [3.8, 4) is 0 Å². The molecule has 6 unspecified atom stereocenters. The molecular weight excluding hydrogens is 1110 g/mol. The SMILES string of the molecule is CCCCCCCCC1CC(CCCCC(=O)C[C@@H]2CCCC[C@H]2CC(=O)CCCCCCCCCCC(O)CCCCCC)C(CCCCC(=O)N[C@H]2CCCC[C@@H]2NC(=O)CCCCCCCCCCC(O)CCCCCC)CC1CCCCCCCC. The largest absolute Gasteiger partial charge is 0.393 e. The molecule has 3 aliphatic carbocycles. The molecule has 3 fully saturated rings. The highest BCUT2D eigenvalue weighted by Gasteiger charge is 2.36. The minimum Gasteiger partial charge on any atom is -0.393 e. The van der Waals surface area contributed by atoms with Gasteiger partial charge in [-0.05, 0) is 125 Å². The van der Waals surface area contributed by atoms with Gasteiger partial charge >= 0.3 is 0 Å². The van der Waals surface area contributed by atoms with Gasteiger partial charge in [0.05, 0.1) is 12.2 Å². The Morgan fingerprint density at radius 2 is 0.544 bits per heavy atom.